The summed E-state index contributed by atoms with van der Waals surface area (Å²) >= 11 is 0. The molecule has 80 valence electrons. The zero-order valence-corrected chi connectivity index (χ0v) is 9.05. The van der Waals surface area contributed by atoms with E-state index < -0.39 is 0 Å². The fraction of sp³-hybridized carbons (Fsp3) is 0.818. The number of terminal acetylenes is 1. The highest BCUT2D eigenvalue weighted by Crippen LogP contribution is 2.39. The molecule has 0 heterocycles. The molecule has 1 aliphatic carbocycles. The Morgan fingerprint density at radius 3 is 2.71 bits per heavy atom. The molecular weight excluding hydrogens is 176 g/mol. The Hall–Kier alpha value is -0.560. The highest BCUT2D eigenvalue weighted by atomic mass is 16.5. The van der Waals surface area contributed by atoms with Crippen LogP contribution in [0.4, 0.5) is 0 Å². The molecule has 3 N–H and O–H groups in total. The molecule has 0 saturated heterocycles. The van der Waals surface area contributed by atoms with E-state index in [1.54, 1.807) is 7.11 Å². The van der Waals surface area contributed by atoms with Gasteiger partial charge in [-0.25, -0.2) is 0 Å². The van der Waals surface area contributed by atoms with Gasteiger partial charge in [-0.3, -0.25) is 5.32 Å². The second-order valence-electron chi connectivity index (χ2n) is 4.10. The van der Waals surface area contributed by atoms with Gasteiger partial charge < -0.3 is 10.5 Å². The Morgan fingerprint density at radius 2 is 2.36 bits per heavy atom. The van der Waals surface area contributed by atoms with Crippen molar-refractivity contribution in [2.75, 3.05) is 20.3 Å². The van der Waals surface area contributed by atoms with Crippen molar-refractivity contribution >= 4 is 0 Å². The number of methoxy groups -OCH3 is 1. The molecule has 1 fully saturated rings. The van der Waals surface area contributed by atoms with Crippen LogP contribution in [0.1, 0.15) is 19.8 Å². The molecule has 0 amide bonds. The summed E-state index contributed by atoms with van der Waals surface area (Å²) in [5.74, 6) is 3.30. The van der Waals surface area contributed by atoms with Crippen molar-refractivity contribution < 1.29 is 4.74 Å². The molecule has 2 unspecified atom stereocenters. The van der Waals surface area contributed by atoms with Crippen molar-refractivity contribution in [3.8, 4) is 12.3 Å². The molecule has 0 radical (unpaired) electrons. The Balaban J connectivity index is 2.63. The monoisotopic (exact) mass is 196 g/mol. The van der Waals surface area contributed by atoms with Crippen LogP contribution in [-0.2, 0) is 4.74 Å². The molecule has 0 aliphatic heterocycles. The SMILES string of the molecule is C#CC(C)NC(CN)(COC)C1CC1. The molecule has 14 heavy (non-hydrogen) atoms. The van der Waals surface area contributed by atoms with E-state index in [9.17, 15) is 0 Å². The Morgan fingerprint density at radius 1 is 1.71 bits per heavy atom. The normalized spacial score (nSPS) is 22.4. The van der Waals surface area contributed by atoms with Gasteiger partial charge in [-0.1, -0.05) is 5.92 Å². The molecule has 1 saturated carbocycles. The minimum Gasteiger partial charge on any atom is -0.383 e. The summed E-state index contributed by atoms with van der Waals surface area (Å²) in [6.07, 6.45) is 7.81. The third-order valence-electron chi connectivity index (χ3n) is 2.88. The van der Waals surface area contributed by atoms with Crippen molar-refractivity contribution in [1.29, 1.82) is 0 Å². The van der Waals surface area contributed by atoms with Crippen LogP contribution >= 0.6 is 0 Å². The van der Waals surface area contributed by atoms with E-state index in [2.05, 4.69) is 11.2 Å². The lowest BCUT2D eigenvalue weighted by Gasteiger charge is -2.35. The largest absolute Gasteiger partial charge is 0.383 e. The second-order valence-corrected chi connectivity index (χ2v) is 4.10. The molecular formula is C11H20N2O. The van der Waals surface area contributed by atoms with Crippen molar-refractivity contribution in [3.63, 3.8) is 0 Å². The van der Waals surface area contributed by atoms with Crippen LogP contribution in [0.25, 0.3) is 0 Å². The topological polar surface area (TPSA) is 47.3 Å². The van der Waals surface area contributed by atoms with Crippen LogP contribution in [0, 0.1) is 18.3 Å². The lowest BCUT2D eigenvalue weighted by Crippen LogP contribution is -2.59. The highest BCUT2D eigenvalue weighted by Gasteiger charge is 2.44. The van der Waals surface area contributed by atoms with Gasteiger partial charge in [0.15, 0.2) is 0 Å². The number of nitrogens with one attached hydrogen (secondary N) is 1. The van der Waals surface area contributed by atoms with Crippen LogP contribution < -0.4 is 11.1 Å². The predicted octanol–water partition coefficient (Wildman–Crippen LogP) is 0.352. The van der Waals surface area contributed by atoms with Gasteiger partial charge in [0.2, 0.25) is 0 Å². The molecule has 0 aromatic carbocycles. The first kappa shape index (κ1) is 11.5. The lowest BCUT2D eigenvalue weighted by molar-refractivity contribution is 0.0957. The van der Waals surface area contributed by atoms with Crippen LogP contribution in [0.2, 0.25) is 0 Å². The second kappa shape index (κ2) is 4.79. The quantitative estimate of drug-likeness (QED) is 0.603. The third-order valence-corrected chi connectivity index (χ3v) is 2.88. The molecule has 3 nitrogen and oxygen atoms in total. The number of nitrogens with two attached hydrogens (primary N) is 1. The zero-order valence-electron chi connectivity index (χ0n) is 9.05. The molecule has 1 aliphatic rings. The van der Waals surface area contributed by atoms with E-state index in [-0.39, 0.29) is 11.6 Å². The first-order valence-electron chi connectivity index (χ1n) is 5.11. The van der Waals surface area contributed by atoms with Gasteiger partial charge in [0, 0.05) is 13.7 Å². The number of hydrogen-bond donors (Lipinski definition) is 2. The summed E-state index contributed by atoms with van der Waals surface area (Å²) in [5, 5.41) is 3.41. The van der Waals surface area contributed by atoms with Gasteiger partial charge in [0.25, 0.3) is 0 Å². The first-order chi connectivity index (χ1) is 6.68. The summed E-state index contributed by atoms with van der Waals surface area (Å²) < 4.78 is 5.23. The summed E-state index contributed by atoms with van der Waals surface area (Å²) in [6, 6.07) is 0.0503. The maximum atomic E-state index is 5.83. The molecule has 0 spiro atoms. The van der Waals surface area contributed by atoms with Crippen LogP contribution in [0.5, 0.6) is 0 Å². The van der Waals surface area contributed by atoms with Crippen molar-refractivity contribution in [1.82, 2.24) is 5.32 Å². The molecule has 0 aromatic rings. The van der Waals surface area contributed by atoms with Gasteiger partial charge in [-0.15, -0.1) is 6.42 Å². The predicted molar refractivity (Wildman–Crippen MR) is 57.8 cm³/mol. The summed E-state index contributed by atoms with van der Waals surface area (Å²) in [4.78, 5) is 0. The van der Waals surface area contributed by atoms with E-state index in [0.29, 0.717) is 19.1 Å². The number of hydrogen-bond acceptors (Lipinski definition) is 3. The summed E-state index contributed by atoms with van der Waals surface area (Å²) in [7, 11) is 1.70. The standard InChI is InChI=1S/C11H20N2O/c1-4-9(2)13-11(7-12,8-14-3)10-5-6-10/h1,9-10,13H,5-8,12H2,2-3H3. The van der Waals surface area contributed by atoms with Crippen molar-refractivity contribution in [2.24, 2.45) is 11.7 Å². The molecule has 0 aromatic heterocycles. The van der Waals surface area contributed by atoms with Gasteiger partial charge >= 0.3 is 0 Å². The average molecular weight is 196 g/mol. The fourth-order valence-electron chi connectivity index (χ4n) is 1.93. The van der Waals surface area contributed by atoms with E-state index in [0.717, 1.165) is 0 Å². The lowest BCUT2D eigenvalue weighted by atomic mass is 9.93. The third kappa shape index (κ3) is 2.48. The van der Waals surface area contributed by atoms with Gasteiger partial charge in [0.05, 0.1) is 18.2 Å². The van der Waals surface area contributed by atoms with E-state index in [1.165, 1.54) is 12.8 Å². The maximum Gasteiger partial charge on any atom is 0.0663 e. The summed E-state index contributed by atoms with van der Waals surface area (Å²) in [6.45, 7) is 3.19. The number of ether oxygens (including phenoxy) is 1. The highest BCUT2D eigenvalue weighted by molar-refractivity contribution is 5.07. The van der Waals surface area contributed by atoms with Gasteiger partial charge in [-0.05, 0) is 25.7 Å². The van der Waals surface area contributed by atoms with Crippen molar-refractivity contribution in [3.05, 3.63) is 0 Å². The first-order valence-corrected chi connectivity index (χ1v) is 5.11. The minimum atomic E-state index is -0.111. The van der Waals surface area contributed by atoms with E-state index in [4.69, 9.17) is 16.9 Å². The Bertz CT molecular complexity index is 220. The smallest absolute Gasteiger partial charge is 0.0663 e. The van der Waals surface area contributed by atoms with E-state index in [1.807, 2.05) is 6.92 Å². The average Bonchev–Trinajstić information content (AvgIpc) is 3.00. The van der Waals surface area contributed by atoms with Crippen LogP contribution in [0.3, 0.4) is 0 Å². The zero-order chi connectivity index (χ0) is 10.6. The minimum absolute atomic E-state index is 0.0503. The van der Waals surface area contributed by atoms with Crippen molar-refractivity contribution in [2.45, 2.75) is 31.3 Å². The van der Waals surface area contributed by atoms with Crippen LogP contribution in [0.15, 0.2) is 0 Å². The molecule has 1 rings (SSSR count). The Kier molecular flexibility index (Phi) is 3.94. The Labute approximate surface area is 86.4 Å². The van der Waals surface area contributed by atoms with Gasteiger partial charge in [0.1, 0.15) is 0 Å². The van der Waals surface area contributed by atoms with Crippen LogP contribution in [-0.4, -0.2) is 31.8 Å². The molecule has 3 heteroatoms. The fourth-order valence-corrected chi connectivity index (χ4v) is 1.93. The molecule has 2 atom stereocenters. The van der Waals surface area contributed by atoms with E-state index >= 15 is 0 Å². The number of rotatable bonds is 6. The summed E-state index contributed by atoms with van der Waals surface area (Å²) in [5.41, 5.74) is 5.72. The maximum absolute atomic E-state index is 5.83. The molecule has 0 bridgehead atoms. The van der Waals surface area contributed by atoms with Gasteiger partial charge in [-0.2, -0.15) is 0 Å².